The lowest BCUT2D eigenvalue weighted by Gasteiger charge is -2.22. The van der Waals surface area contributed by atoms with Crippen LogP contribution >= 0.6 is 11.3 Å². The Balaban J connectivity index is 2.22. The Bertz CT molecular complexity index is 543. The summed E-state index contributed by atoms with van der Waals surface area (Å²) in [6.45, 7) is 10.8. The molecule has 2 aromatic rings. The maximum Gasteiger partial charge on any atom is 0.103 e. The third kappa shape index (κ3) is 3.28. The van der Waals surface area contributed by atoms with Gasteiger partial charge in [0.05, 0.1) is 5.69 Å². The number of nitrogens with zero attached hydrogens (tertiary/aromatic N) is 1. The highest BCUT2D eigenvalue weighted by Crippen LogP contribution is 2.35. The zero-order valence-corrected chi connectivity index (χ0v) is 13.7. The number of hydrogen-bond acceptors (Lipinski definition) is 3. The van der Waals surface area contributed by atoms with Crippen LogP contribution in [0.4, 0.5) is 0 Å². The summed E-state index contributed by atoms with van der Waals surface area (Å²) in [4.78, 5) is 6.17. The Hall–Kier alpha value is -1.19. The molecule has 0 amide bonds. The first-order chi connectivity index (χ1) is 9.55. The Morgan fingerprint density at radius 1 is 1.20 bits per heavy atom. The van der Waals surface area contributed by atoms with Gasteiger partial charge in [0.15, 0.2) is 0 Å². The fourth-order valence-electron chi connectivity index (χ4n) is 2.22. The SMILES string of the molecule is CCCNCc1sc(C(C)(C)c2ccccc2)nc1C. The highest BCUT2D eigenvalue weighted by atomic mass is 32.1. The lowest BCUT2D eigenvalue weighted by Crippen LogP contribution is -2.18. The van der Waals surface area contributed by atoms with Gasteiger partial charge in [0, 0.05) is 16.8 Å². The molecule has 0 fully saturated rings. The van der Waals surface area contributed by atoms with Gasteiger partial charge >= 0.3 is 0 Å². The van der Waals surface area contributed by atoms with E-state index >= 15 is 0 Å². The summed E-state index contributed by atoms with van der Waals surface area (Å²) in [5.74, 6) is 0. The molecule has 1 aromatic heterocycles. The van der Waals surface area contributed by atoms with Gasteiger partial charge in [-0.1, -0.05) is 37.3 Å². The number of benzene rings is 1. The molecule has 3 heteroatoms. The van der Waals surface area contributed by atoms with E-state index in [2.05, 4.69) is 63.3 Å². The number of aryl methyl sites for hydroxylation is 1. The van der Waals surface area contributed by atoms with Crippen LogP contribution in [-0.4, -0.2) is 11.5 Å². The van der Waals surface area contributed by atoms with Gasteiger partial charge in [-0.2, -0.15) is 0 Å². The Kier molecular flexibility index (Phi) is 4.95. The van der Waals surface area contributed by atoms with Gasteiger partial charge in [-0.05, 0) is 39.3 Å². The van der Waals surface area contributed by atoms with Crippen LogP contribution in [-0.2, 0) is 12.0 Å². The molecule has 20 heavy (non-hydrogen) atoms. The van der Waals surface area contributed by atoms with Crippen LogP contribution in [0.5, 0.6) is 0 Å². The van der Waals surface area contributed by atoms with E-state index in [1.165, 1.54) is 21.9 Å². The van der Waals surface area contributed by atoms with Crippen molar-refractivity contribution in [2.24, 2.45) is 0 Å². The minimum absolute atomic E-state index is 0.0281. The second kappa shape index (κ2) is 6.51. The van der Waals surface area contributed by atoms with Crippen molar-refractivity contribution in [3.05, 3.63) is 51.5 Å². The zero-order valence-electron chi connectivity index (χ0n) is 12.9. The van der Waals surface area contributed by atoms with E-state index in [0.717, 1.165) is 18.8 Å². The summed E-state index contributed by atoms with van der Waals surface area (Å²) < 4.78 is 0. The number of nitrogens with one attached hydrogen (secondary N) is 1. The molecule has 2 nitrogen and oxygen atoms in total. The molecule has 1 heterocycles. The smallest absolute Gasteiger partial charge is 0.103 e. The normalized spacial score (nSPS) is 11.8. The molecular weight excluding hydrogens is 264 g/mol. The minimum atomic E-state index is -0.0281. The predicted molar refractivity (Wildman–Crippen MR) is 87.4 cm³/mol. The van der Waals surface area contributed by atoms with Crippen molar-refractivity contribution in [2.75, 3.05) is 6.54 Å². The predicted octanol–water partition coefficient (Wildman–Crippen LogP) is 4.28. The van der Waals surface area contributed by atoms with Crippen LogP contribution in [0.25, 0.3) is 0 Å². The summed E-state index contributed by atoms with van der Waals surface area (Å²) in [5, 5.41) is 4.67. The summed E-state index contributed by atoms with van der Waals surface area (Å²) in [7, 11) is 0. The molecule has 0 aliphatic carbocycles. The van der Waals surface area contributed by atoms with Crippen LogP contribution < -0.4 is 5.32 Å². The van der Waals surface area contributed by atoms with Gasteiger partial charge in [0.1, 0.15) is 5.01 Å². The largest absolute Gasteiger partial charge is 0.312 e. The number of hydrogen-bond donors (Lipinski definition) is 1. The topological polar surface area (TPSA) is 24.9 Å². The van der Waals surface area contributed by atoms with Crippen LogP contribution in [0.1, 0.15) is 48.3 Å². The lowest BCUT2D eigenvalue weighted by atomic mass is 9.85. The molecule has 0 saturated carbocycles. The van der Waals surface area contributed by atoms with Crippen molar-refractivity contribution in [3.8, 4) is 0 Å². The summed E-state index contributed by atoms with van der Waals surface area (Å²) in [6.07, 6.45) is 1.17. The average molecular weight is 288 g/mol. The van der Waals surface area contributed by atoms with E-state index in [1.807, 2.05) is 11.3 Å². The van der Waals surface area contributed by atoms with Crippen molar-refractivity contribution in [1.29, 1.82) is 0 Å². The maximum atomic E-state index is 4.82. The third-order valence-electron chi connectivity index (χ3n) is 3.64. The highest BCUT2D eigenvalue weighted by molar-refractivity contribution is 7.11. The van der Waals surface area contributed by atoms with E-state index in [-0.39, 0.29) is 5.41 Å². The molecule has 0 bridgehead atoms. The van der Waals surface area contributed by atoms with Crippen molar-refractivity contribution in [3.63, 3.8) is 0 Å². The number of aromatic nitrogens is 1. The Labute approximate surface area is 126 Å². The van der Waals surface area contributed by atoms with Crippen molar-refractivity contribution in [2.45, 2.75) is 46.1 Å². The van der Waals surface area contributed by atoms with Crippen molar-refractivity contribution >= 4 is 11.3 Å². The standard InChI is InChI=1S/C17H24N2S/c1-5-11-18-12-15-13(2)19-16(20-15)17(3,4)14-9-7-6-8-10-14/h6-10,18H,5,11-12H2,1-4H3. The van der Waals surface area contributed by atoms with E-state index < -0.39 is 0 Å². The van der Waals surface area contributed by atoms with E-state index in [9.17, 15) is 0 Å². The Morgan fingerprint density at radius 3 is 2.55 bits per heavy atom. The molecule has 0 spiro atoms. The summed E-state index contributed by atoms with van der Waals surface area (Å²) in [6, 6.07) is 10.6. The molecule has 0 radical (unpaired) electrons. The second-order valence-electron chi connectivity index (χ2n) is 5.70. The zero-order chi connectivity index (χ0) is 14.6. The van der Waals surface area contributed by atoms with Crippen LogP contribution in [0.2, 0.25) is 0 Å². The van der Waals surface area contributed by atoms with E-state index in [4.69, 9.17) is 4.98 Å². The first-order valence-corrected chi connectivity index (χ1v) is 8.10. The third-order valence-corrected chi connectivity index (χ3v) is 5.12. The first-order valence-electron chi connectivity index (χ1n) is 7.28. The average Bonchev–Trinajstić information content (AvgIpc) is 2.82. The fourth-order valence-corrected chi connectivity index (χ4v) is 3.37. The fraction of sp³-hybridized carbons (Fsp3) is 0.471. The van der Waals surface area contributed by atoms with E-state index in [1.54, 1.807) is 0 Å². The van der Waals surface area contributed by atoms with Gasteiger partial charge < -0.3 is 5.32 Å². The number of rotatable bonds is 6. The molecule has 0 unspecified atom stereocenters. The molecule has 1 N–H and O–H groups in total. The summed E-state index contributed by atoms with van der Waals surface area (Å²) >= 11 is 1.84. The first kappa shape index (κ1) is 15.2. The molecular formula is C17H24N2S. The molecule has 2 rings (SSSR count). The molecule has 108 valence electrons. The van der Waals surface area contributed by atoms with Crippen molar-refractivity contribution < 1.29 is 0 Å². The maximum absolute atomic E-state index is 4.82. The van der Waals surface area contributed by atoms with Gasteiger partial charge in [-0.25, -0.2) is 4.98 Å². The molecule has 1 aromatic carbocycles. The molecule has 0 atom stereocenters. The van der Waals surface area contributed by atoms with Gasteiger partial charge in [-0.15, -0.1) is 11.3 Å². The highest BCUT2D eigenvalue weighted by Gasteiger charge is 2.27. The van der Waals surface area contributed by atoms with Crippen LogP contribution in [0.15, 0.2) is 30.3 Å². The number of thiazole rings is 1. The molecule has 0 saturated heterocycles. The Morgan fingerprint density at radius 2 is 1.90 bits per heavy atom. The monoisotopic (exact) mass is 288 g/mol. The van der Waals surface area contributed by atoms with Crippen molar-refractivity contribution in [1.82, 2.24) is 10.3 Å². The van der Waals surface area contributed by atoms with Gasteiger partial charge in [-0.3, -0.25) is 0 Å². The van der Waals surface area contributed by atoms with Gasteiger partial charge in [0.25, 0.3) is 0 Å². The molecule has 0 aliphatic rings. The minimum Gasteiger partial charge on any atom is -0.312 e. The van der Waals surface area contributed by atoms with Crippen LogP contribution in [0.3, 0.4) is 0 Å². The molecule has 0 aliphatic heterocycles. The lowest BCUT2D eigenvalue weighted by molar-refractivity contribution is 0.633. The van der Waals surface area contributed by atoms with E-state index in [0.29, 0.717) is 0 Å². The summed E-state index contributed by atoms with van der Waals surface area (Å²) in [5.41, 5.74) is 2.46. The van der Waals surface area contributed by atoms with Gasteiger partial charge in [0.2, 0.25) is 0 Å². The van der Waals surface area contributed by atoms with Crippen LogP contribution in [0, 0.1) is 6.92 Å². The second-order valence-corrected chi connectivity index (χ2v) is 6.78. The quantitative estimate of drug-likeness (QED) is 0.803.